The number of methoxy groups -OCH3 is 1. The average molecular weight is 484 g/mol. The zero-order chi connectivity index (χ0) is 24.7. The van der Waals surface area contributed by atoms with Crippen molar-refractivity contribution in [2.45, 2.75) is 19.9 Å². The summed E-state index contributed by atoms with van der Waals surface area (Å²) in [5.74, 6) is 2.04. The molecule has 36 heavy (non-hydrogen) atoms. The van der Waals surface area contributed by atoms with Crippen molar-refractivity contribution in [3.8, 4) is 45.8 Å². The second kappa shape index (κ2) is 9.12. The number of nitriles is 1. The highest BCUT2D eigenvalue weighted by Gasteiger charge is 2.45. The fourth-order valence-corrected chi connectivity index (χ4v) is 5.64. The highest BCUT2D eigenvalue weighted by atomic mass is 16.6. The molecular formula is C29H29N3O4. The monoisotopic (exact) mass is 483 g/mol. The Bertz CT molecular complexity index is 1350. The van der Waals surface area contributed by atoms with Crippen molar-refractivity contribution in [2.24, 2.45) is 5.41 Å². The fraction of sp³-hybridized carbons (Fsp3) is 0.379. The molecule has 2 aromatic carbocycles. The van der Waals surface area contributed by atoms with E-state index in [1.54, 1.807) is 7.11 Å². The number of ether oxygens (including phenoxy) is 4. The molecule has 0 radical (unpaired) electrons. The summed E-state index contributed by atoms with van der Waals surface area (Å²) in [5.41, 5.74) is 6.36. The molecular weight excluding hydrogens is 454 g/mol. The van der Waals surface area contributed by atoms with Crippen LogP contribution in [0.25, 0.3) is 22.4 Å². The van der Waals surface area contributed by atoms with Crippen LogP contribution in [0.1, 0.15) is 23.1 Å². The Labute approximate surface area is 211 Å². The molecule has 0 N–H and O–H groups in total. The van der Waals surface area contributed by atoms with Crippen LogP contribution in [0.15, 0.2) is 42.5 Å². The summed E-state index contributed by atoms with van der Waals surface area (Å²) < 4.78 is 22.8. The van der Waals surface area contributed by atoms with Crippen LogP contribution < -0.4 is 14.2 Å². The molecule has 1 spiro atoms. The molecule has 0 saturated carbocycles. The number of likely N-dealkylation sites (tertiary alicyclic amines) is 1. The van der Waals surface area contributed by atoms with Gasteiger partial charge in [-0.25, -0.2) is 4.98 Å². The lowest BCUT2D eigenvalue weighted by atomic mass is 9.79. The third kappa shape index (κ3) is 3.97. The second-order valence-corrected chi connectivity index (χ2v) is 9.96. The highest BCUT2D eigenvalue weighted by Crippen LogP contribution is 2.41. The molecule has 2 fully saturated rings. The summed E-state index contributed by atoms with van der Waals surface area (Å²) in [5, 5.41) is 10.2. The number of benzene rings is 2. The van der Waals surface area contributed by atoms with Gasteiger partial charge >= 0.3 is 0 Å². The van der Waals surface area contributed by atoms with E-state index in [0.29, 0.717) is 35.8 Å². The van der Waals surface area contributed by atoms with Crippen LogP contribution >= 0.6 is 0 Å². The van der Waals surface area contributed by atoms with E-state index < -0.39 is 0 Å². The van der Waals surface area contributed by atoms with E-state index in [-0.39, 0.29) is 0 Å². The predicted molar refractivity (Wildman–Crippen MR) is 135 cm³/mol. The molecule has 3 aromatic rings. The van der Waals surface area contributed by atoms with E-state index >= 15 is 0 Å². The maximum atomic E-state index is 10.2. The van der Waals surface area contributed by atoms with E-state index in [9.17, 15) is 5.26 Å². The highest BCUT2D eigenvalue weighted by molar-refractivity contribution is 5.82. The van der Waals surface area contributed by atoms with Crippen LogP contribution in [0.3, 0.4) is 0 Å². The molecule has 3 aliphatic rings. The van der Waals surface area contributed by atoms with E-state index in [0.717, 1.165) is 78.5 Å². The van der Waals surface area contributed by atoms with Gasteiger partial charge in [-0.15, -0.1) is 0 Å². The number of nitrogens with zero attached hydrogens (tertiary/aromatic N) is 3. The molecule has 6 rings (SSSR count). The molecule has 0 unspecified atom stereocenters. The Kier molecular flexibility index (Phi) is 5.79. The molecule has 4 heterocycles. The van der Waals surface area contributed by atoms with Gasteiger partial charge in [0.25, 0.3) is 0 Å². The summed E-state index contributed by atoms with van der Waals surface area (Å²) in [6.45, 7) is 7.79. The Morgan fingerprint density at radius 3 is 2.61 bits per heavy atom. The number of pyridine rings is 1. The Morgan fingerprint density at radius 1 is 1.06 bits per heavy atom. The van der Waals surface area contributed by atoms with Gasteiger partial charge in [0.15, 0.2) is 11.5 Å². The number of fused-ring (bicyclic) bond motifs is 1. The number of hydrogen-bond acceptors (Lipinski definition) is 7. The van der Waals surface area contributed by atoms with Gasteiger partial charge in [-0.05, 0) is 42.7 Å². The van der Waals surface area contributed by atoms with Crippen molar-refractivity contribution >= 4 is 0 Å². The Morgan fingerprint density at radius 2 is 1.86 bits per heavy atom. The normalized spacial score (nSPS) is 18.0. The molecule has 3 aliphatic heterocycles. The molecule has 0 amide bonds. The van der Waals surface area contributed by atoms with Crippen molar-refractivity contribution in [2.75, 3.05) is 46.6 Å². The van der Waals surface area contributed by atoms with Gasteiger partial charge in [-0.2, -0.15) is 5.26 Å². The SMILES string of the molecule is COc1nc(-c2cccc(-c3ccc4c(c3)OCCO4)c2C#N)cc(C)c1CN1CC2(CCOC2)C1. The third-order valence-corrected chi connectivity index (χ3v) is 7.49. The molecule has 2 saturated heterocycles. The van der Waals surface area contributed by atoms with Gasteiger partial charge in [0.1, 0.15) is 19.3 Å². The first kappa shape index (κ1) is 22.8. The molecule has 0 bridgehead atoms. The minimum Gasteiger partial charge on any atom is -0.486 e. The summed E-state index contributed by atoms with van der Waals surface area (Å²) in [6, 6.07) is 16.1. The van der Waals surface area contributed by atoms with Gasteiger partial charge in [0, 0.05) is 48.3 Å². The van der Waals surface area contributed by atoms with Crippen LogP contribution in [0.5, 0.6) is 17.4 Å². The van der Waals surface area contributed by atoms with E-state index in [1.807, 2.05) is 36.4 Å². The average Bonchev–Trinajstić information content (AvgIpc) is 3.39. The predicted octanol–water partition coefficient (Wildman–Crippen LogP) is 4.60. The first-order chi connectivity index (χ1) is 17.6. The molecule has 7 heteroatoms. The minimum absolute atomic E-state index is 0.338. The molecule has 7 nitrogen and oxygen atoms in total. The van der Waals surface area contributed by atoms with E-state index in [2.05, 4.69) is 24.0 Å². The number of aromatic nitrogens is 1. The first-order valence-corrected chi connectivity index (χ1v) is 12.4. The lowest BCUT2D eigenvalue weighted by Gasteiger charge is -2.47. The number of aryl methyl sites for hydroxylation is 1. The third-order valence-electron chi connectivity index (χ3n) is 7.49. The molecule has 184 valence electrons. The summed E-state index contributed by atoms with van der Waals surface area (Å²) in [6.07, 6.45) is 1.15. The van der Waals surface area contributed by atoms with Crippen molar-refractivity contribution in [3.63, 3.8) is 0 Å². The number of hydrogen-bond donors (Lipinski definition) is 0. The van der Waals surface area contributed by atoms with Crippen molar-refractivity contribution < 1.29 is 18.9 Å². The fourth-order valence-electron chi connectivity index (χ4n) is 5.64. The first-order valence-electron chi connectivity index (χ1n) is 12.4. The van der Waals surface area contributed by atoms with Crippen molar-refractivity contribution in [3.05, 3.63) is 59.2 Å². The summed E-state index contributed by atoms with van der Waals surface area (Å²) >= 11 is 0. The Balaban J connectivity index is 1.33. The van der Waals surface area contributed by atoms with Crippen LogP contribution in [0.2, 0.25) is 0 Å². The summed E-state index contributed by atoms with van der Waals surface area (Å²) in [4.78, 5) is 7.30. The largest absolute Gasteiger partial charge is 0.486 e. The van der Waals surface area contributed by atoms with Crippen LogP contribution in [-0.4, -0.2) is 56.5 Å². The molecule has 1 aromatic heterocycles. The summed E-state index contributed by atoms with van der Waals surface area (Å²) in [7, 11) is 1.66. The van der Waals surface area contributed by atoms with Gasteiger partial charge in [-0.3, -0.25) is 4.90 Å². The maximum absolute atomic E-state index is 10.2. The zero-order valence-corrected chi connectivity index (χ0v) is 20.7. The van der Waals surface area contributed by atoms with Crippen LogP contribution in [0, 0.1) is 23.7 Å². The van der Waals surface area contributed by atoms with Gasteiger partial charge in [0.2, 0.25) is 5.88 Å². The van der Waals surface area contributed by atoms with E-state index in [1.165, 1.54) is 0 Å². The van der Waals surface area contributed by atoms with Gasteiger partial charge in [-0.1, -0.05) is 24.3 Å². The van der Waals surface area contributed by atoms with Crippen LogP contribution in [-0.2, 0) is 11.3 Å². The lowest BCUT2D eigenvalue weighted by Crippen LogP contribution is -2.56. The molecule has 0 atom stereocenters. The topological polar surface area (TPSA) is 76.8 Å². The van der Waals surface area contributed by atoms with Gasteiger partial charge in [0.05, 0.1) is 25.0 Å². The van der Waals surface area contributed by atoms with Crippen molar-refractivity contribution in [1.29, 1.82) is 5.26 Å². The molecule has 0 aliphatic carbocycles. The quantitative estimate of drug-likeness (QED) is 0.525. The zero-order valence-electron chi connectivity index (χ0n) is 20.7. The number of rotatable bonds is 5. The smallest absolute Gasteiger partial charge is 0.218 e. The second-order valence-electron chi connectivity index (χ2n) is 9.96. The van der Waals surface area contributed by atoms with Gasteiger partial charge < -0.3 is 18.9 Å². The Hall–Kier alpha value is -3.60. The lowest BCUT2D eigenvalue weighted by molar-refractivity contribution is -0.0129. The minimum atomic E-state index is 0.338. The van der Waals surface area contributed by atoms with E-state index in [4.69, 9.17) is 23.9 Å². The standard InChI is InChI=1S/C29H29N3O4/c1-19-12-25(31-28(33-2)24(19)15-32-16-29(17-32)8-9-34-18-29)22-5-3-4-21(23(22)14-30)20-6-7-26-27(13-20)36-11-10-35-26/h3-7,12-13H,8-11,15-18H2,1-2H3. The van der Waals surface area contributed by atoms with Crippen LogP contribution in [0.4, 0.5) is 0 Å². The maximum Gasteiger partial charge on any atom is 0.218 e. The van der Waals surface area contributed by atoms with Crippen molar-refractivity contribution in [1.82, 2.24) is 9.88 Å².